The lowest BCUT2D eigenvalue weighted by atomic mass is 10.1. The second-order valence-electron chi connectivity index (χ2n) is 7.16. The Balaban J connectivity index is 2.96. The summed E-state index contributed by atoms with van der Waals surface area (Å²) in [6.45, 7) is 7.05. The van der Waals surface area contributed by atoms with Crippen LogP contribution < -0.4 is 16.4 Å². The third kappa shape index (κ3) is 9.01. The van der Waals surface area contributed by atoms with E-state index >= 15 is 0 Å². The summed E-state index contributed by atoms with van der Waals surface area (Å²) in [5, 5.41) is 16.3. The van der Waals surface area contributed by atoms with Gasteiger partial charge in [0.05, 0.1) is 13.1 Å². The molecule has 3 amide bonds. The zero-order valence-electron chi connectivity index (χ0n) is 17.1. The number of nitrogens with zero attached hydrogens (tertiary/aromatic N) is 1. The topological polar surface area (TPSA) is 108 Å². The van der Waals surface area contributed by atoms with Crippen LogP contribution in [0.1, 0.15) is 39.2 Å². The first-order valence-corrected chi connectivity index (χ1v) is 9.84. The van der Waals surface area contributed by atoms with E-state index in [4.69, 9.17) is 5.73 Å². The van der Waals surface area contributed by atoms with Crippen molar-refractivity contribution in [2.45, 2.75) is 39.7 Å². The van der Waals surface area contributed by atoms with E-state index in [-0.39, 0.29) is 25.0 Å². The molecule has 0 saturated heterocycles. The van der Waals surface area contributed by atoms with E-state index in [1.165, 1.54) is 0 Å². The van der Waals surface area contributed by atoms with E-state index < -0.39 is 12.0 Å². The Morgan fingerprint density at radius 2 is 1.89 bits per heavy atom. The highest BCUT2D eigenvalue weighted by Gasteiger charge is 2.22. The molecule has 0 radical (unpaired) electrons. The SMILES string of the molecule is CCCCNC(=O)N(CC(C)C)C[C@@H](O)/C(=C\c1ccccc1)NC(=O)CN. The molecule has 0 aliphatic rings. The molecule has 0 aliphatic carbocycles. The van der Waals surface area contributed by atoms with E-state index in [2.05, 4.69) is 17.6 Å². The summed E-state index contributed by atoms with van der Waals surface area (Å²) in [5.74, 6) is -0.159. The van der Waals surface area contributed by atoms with Crippen LogP contribution in [0.4, 0.5) is 4.79 Å². The summed E-state index contributed by atoms with van der Waals surface area (Å²) >= 11 is 0. The smallest absolute Gasteiger partial charge is 0.317 e. The highest BCUT2D eigenvalue weighted by Crippen LogP contribution is 2.11. The molecule has 1 aromatic carbocycles. The standard InChI is InChI=1S/C21H34N4O3/c1-4-5-11-23-21(28)25(14-16(2)3)15-19(26)18(24-20(27)13-22)12-17-9-7-6-8-10-17/h6-10,12,16,19,26H,4-5,11,13-15,22H2,1-3H3,(H,23,28)(H,24,27)/b18-12+/t19-/m1/s1. The van der Waals surface area contributed by atoms with Crippen LogP contribution >= 0.6 is 0 Å². The fourth-order valence-corrected chi connectivity index (χ4v) is 2.63. The third-order valence-corrected chi connectivity index (χ3v) is 4.02. The summed E-state index contributed by atoms with van der Waals surface area (Å²) in [4.78, 5) is 25.9. The number of unbranched alkanes of at least 4 members (excludes halogenated alkanes) is 1. The maximum atomic E-state index is 12.5. The Morgan fingerprint density at radius 1 is 1.21 bits per heavy atom. The Hall–Kier alpha value is -2.38. The minimum absolute atomic E-state index is 0.0691. The number of nitrogens with two attached hydrogens (primary N) is 1. The molecule has 1 atom stereocenters. The van der Waals surface area contributed by atoms with Gasteiger partial charge in [-0.25, -0.2) is 4.79 Å². The van der Waals surface area contributed by atoms with Crippen LogP contribution in [-0.2, 0) is 4.79 Å². The maximum absolute atomic E-state index is 12.5. The van der Waals surface area contributed by atoms with Gasteiger partial charge < -0.3 is 26.4 Å². The average Bonchev–Trinajstić information content (AvgIpc) is 2.67. The predicted octanol–water partition coefficient (Wildman–Crippen LogP) is 1.93. The van der Waals surface area contributed by atoms with E-state index in [0.717, 1.165) is 18.4 Å². The van der Waals surface area contributed by atoms with E-state index in [0.29, 0.717) is 18.8 Å². The number of nitrogens with one attached hydrogen (secondary N) is 2. The summed E-state index contributed by atoms with van der Waals surface area (Å²) in [6.07, 6.45) is 2.53. The number of carbonyl (C=O) groups is 2. The van der Waals surface area contributed by atoms with Crippen LogP contribution in [0, 0.1) is 5.92 Å². The number of carbonyl (C=O) groups excluding carboxylic acids is 2. The highest BCUT2D eigenvalue weighted by molar-refractivity contribution is 5.81. The van der Waals surface area contributed by atoms with Gasteiger partial charge >= 0.3 is 6.03 Å². The van der Waals surface area contributed by atoms with Gasteiger partial charge in [-0.05, 0) is 24.0 Å². The summed E-state index contributed by atoms with van der Waals surface area (Å²) < 4.78 is 0. The molecule has 0 aromatic heterocycles. The van der Waals surface area contributed by atoms with E-state index in [1.807, 2.05) is 44.2 Å². The number of hydrogen-bond acceptors (Lipinski definition) is 4. The van der Waals surface area contributed by atoms with Crippen molar-refractivity contribution in [3.63, 3.8) is 0 Å². The fraction of sp³-hybridized carbons (Fsp3) is 0.524. The molecule has 28 heavy (non-hydrogen) atoms. The van der Waals surface area contributed by atoms with Crippen LogP contribution in [0.5, 0.6) is 0 Å². The normalized spacial score (nSPS) is 12.6. The quantitative estimate of drug-likeness (QED) is 0.433. The van der Waals surface area contributed by atoms with Crippen LogP contribution in [0.25, 0.3) is 6.08 Å². The molecule has 0 bridgehead atoms. The molecule has 1 rings (SSSR count). The van der Waals surface area contributed by atoms with Gasteiger partial charge in [0, 0.05) is 18.8 Å². The number of amides is 3. The predicted molar refractivity (Wildman–Crippen MR) is 112 cm³/mol. The number of benzene rings is 1. The highest BCUT2D eigenvalue weighted by atomic mass is 16.3. The zero-order valence-corrected chi connectivity index (χ0v) is 17.1. The molecule has 0 saturated carbocycles. The van der Waals surface area contributed by atoms with E-state index in [9.17, 15) is 14.7 Å². The molecule has 5 N–H and O–H groups in total. The molecule has 1 aromatic rings. The van der Waals surface area contributed by atoms with Gasteiger partial charge in [-0.2, -0.15) is 0 Å². The molecule has 0 heterocycles. The Labute approximate surface area is 168 Å². The molecule has 7 heteroatoms. The number of rotatable bonds is 11. The minimum atomic E-state index is -1.05. The van der Waals surface area contributed by atoms with Crippen molar-refractivity contribution in [2.75, 3.05) is 26.2 Å². The lowest BCUT2D eigenvalue weighted by Gasteiger charge is -2.28. The van der Waals surface area contributed by atoms with Crippen molar-refractivity contribution >= 4 is 18.0 Å². The van der Waals surface area contributed by atoms with Crippen molar-refractivity contribution in [1.82, 2.24) is 15.5 Å². The van der Waals surface area contributed by atoms with Crippen LogP contribution in [-0.4, -0.2) is 54.2 Å². The van der Waals surface area contributed by atoms with Crippen LogP contribution in [0.15, 0.2) is 36.0 Å². The first kappa shape index (κ1) is 23.7. The summed E-state index contributed by atoms with van der Waals surface area (Å²) in [7, 11) is 0. The minimum Gasteiger partial charge on any atom is -0.385 e. The number of hydrogen-bond donors (Lipinski definition) is 4. The van der Waals surface area contributed by atoms with Crippen molar-refractivity contribution in [3.8, 4) is 0 Å². The van der Waals surface area contributed by atoms with Crippen molar-refractivity contribution in [3.05, 3.63) is 41.6 Å². The monoisotopic (exact) mass is 390 g/mol. The van der Waals surface area contributed by atoms with Crippen molar-refractivity contribution in [2.24, 2.45) is 11.7 Å². The first-order valence-electron chi connectivity index (χ1n) is 9.84. The average molecular weight is 391 g/mol. The number of urea groups is 1. The molecule has 0 fully saturated rings. The second kappa shape index (κ2) is 12.9. The number of aliphatic hydroxyl groups excluding tert-OH is 1. The van der Waals surface area contributed by atoms with Gasteiger partial charge in [0.15, 0.2) is 0 Å². The van der Waals surface area contributed by atoms with Gasteiger partial charge in [0.1, 0.15) is 6.10 Å². The van der Waals surface area contributed by atoms with E-state index in [1.54, 1.807) is 11.0 Å². The Morgan fingerprint density at radius 3 is 2.46 bits per heavy atom. The van der Waals surface area contributed by atoms with Gasteiger partial charge in [-0.15, -0.1) is 0 Å². The second-order valence-corrected chi connectivity index (χ2v) is 7.16. The zero-order chi connectivity index (χ0) is 20.9. The largest absolute Gasteiger partial charge is 0.385 e. The molecular weight excluding hydrogens is 356 g/mol. The van der Waals surface area contributed by atoms with Crippen molar-refractivity contribution < 1.29 is 14.7 Å². The third-order valence-electron chi connectivity index (χ3n) is 4.02. The first-order chi connectivity index (χ1) is 13.4. The molecule has 156 valence electrons. The Kier molecular flexibility index (Phi) is 10.9. The van der Waals surface area contributed by atoms with Gasteiger partial charge in [0.25, 0.3) is 0 Å². The Bertz CT molecular complexity index is 632. The lowest BCUT2D eigenvalue weighted by Crippen LogP contribution is -2.47. The van der Waals surface area contributed by atoms with Crippen LogP contribution in [0.2, 0.25) is 0 Å². The molecular formula is C21H34N4O3. The van der Waals surface area contributed by atoms with Gasteiger partial charge in [-0.3, -0.25) is 4.79 Å². The van der Waals surface area contributed by atoms with Gasteiger partial charge in [-0.1, -0.05) is 57.5 Å². The number of aliphatic hydroxyl groups is 1. The summed E-state index contributed by atoms with van der Waals surface area (Å²) in [6, 6.07) is 9.14. The van der Waals surface area contributed by atoms with Crippen molar-refractivity contribution in [1.29, 1.82) is 0 Å². The molecule has 0 aliphatic heterocycles. The van der Waals surface area contributed by atoms with Crippen LogP contribution in [0.3, 0.4) is 0 Å². The lowest BCUT2D eigenvalue weighted by molar-refractivity contribution is -0.119. The molecule has 0 unspecified atom stereocenters. The maximum Gasteiger partial charge on any atom is 0.317 e. The fourth-order valence-electron chi connectivity index (χ4n) is 2.63. The van der Waals surface area contributed by atoms with Gasteiger partial charge in [0.2, 0.25) is 5.91 Å². The molecule has 0 spiro atoms. The summed E-state index contributed by atoms with van der Waals surface area (Å²) in [5.41, 5.74) is 6.55. The molecule has 7 nitrogen and oxygen atoms in total.